The van der Waals surface area contributed by atoms with Crippen LogP contribution in [0.1, 0.15) is 33.6 Å². The Balaban J connectivity index is 1.38. The molecular formula is C23H29N3O4S2. The van der Waals surface area contributed by atoms with E-state index >= 15 is 0 Å². The van der Waals surface area contributed by atoms with Crippen LogP contribution in [-0.2, 0) is 14.8 Å². The fourth-order valence-electron chi connectivity index (χ4n) is 4.45. The van der Waals surface area contributed by atoms with Crippen molar-refractivity contribution < 1.29 is 18.0 Å². The SMILES string of the molecule is Cc1ccc(C)c(S(=O)(=O)N2CCN(C(=O)[C@H]3CCCN(C(=O)c4cccs4)C3)CC2)c1. The third-order valence-electron chi connectivity index (χ3n) is 6.30. The van der Waals surface area contributed by atoms with E-state index in [9.17, 15) is 18.0 Å². The number of likely N-dealkylation sites (tertiary alicyclic amines) is 1. The first kappa shape index (κ1) is 22.9. The zero-order chi connectivity index (χ0) is 22.9. The first-order valence-electron chi connectivity index (χ1n) is 11.0. The number of piperazine rings is 1. The number of sulfonamides is 1. The molecule has 0 unspecified atom stereocenters. The number of piperidine rings is 1. The lowest BCUT2D eigenvalue weighted by Crippen LogP contribution is -2.54. The first-order valence-corrected chi connectivity index (χ1v) is 13.3. The summed E-state index contributed by atoms with van der Waals surface area (Å²) in [5.74, 6) is -0.214. The summed E-state index contributed by atoms with van der Waals surface area (Å²) in [6.07, 6.45) is 1.56. The van der Waals surface area contributed by atoms with Gasteiger partial charge in [0.25, 0.3) is 5.91 Å². The molecule has 1 atom stereocenters. The van der Waals surface area contributed by atoms with Crippen LogP contribution in [0.3, 0.4) is 0 Å². The molecule has 9 heteroatoms. The highest BCUT2D eigenvalue weighted by Gasteiger charge is 2.35. The van der Waals surface area contributed by atoms with Crippen LogP contribution in [0.4, 0.5) is 0 Å². The van der Waals surface area contributed by atoms with Gasteiger partial charge >= 0.3 is 0 Å². The zero-order valence-corrected chi connectivity index (χ0v) is 20.1. The summed E-state index contributed by atoms with van der Waals surface area (Å²) in [5, 5.41) is 1.88. The summed E-state index contributed by atoms with van der Waals surface area (Å²) in [5.41, 5.74) is 1.63. The van der Waals surface area contributed by atoms with Crippen molar-refractivity contribution in [3.8, 4) is 0 Å². The highest BCUT2D eigenvalue weighted by atomic mass is 32.2. The predicted molar refractivity (Wildman–Crippen MR) is 124 cm³/mol. The lowest BCUT2D eigenvalue weighted by Gasteiger charge is -2.38. The molecule has 172 valence electrons. The van der Waals surface area contributed by atoms with E-state index in [0.717, 1.165) is 24.0 Å². The number of carbonyl (C=O) groups excluding carboxylic acids is 2. The molecule has 4 rings (SSSR count). The number of aryl methyl sites for hydroxylation is 2. The number of carbonyl (C=O) groups is 2. The molecule has 2 amide bonds. The van der Waals surface area contributed by atoms with Gasteiger partial charge in [-0.2, -0.15) is 4.31 Å². The Labute approximate surface area is 193 Å². The largest absolute Gasteiger partial charge is 0.340 e. The van der Waals surface area contributed by atoms with Gasteiger partial charge in [-0.15, -0.1) is 11.3 Å². The second kappa shape index (κ2) is 9.33. The molecule has 0 bridgehead atoms. The molecule has 2 fully saturated rings. The van der Waals surface area contributed by atoms with E-state index in [-0.39, 0.29) is 30.8 Å². The van der Waals surface area contributed by atoms with E-state index in [4.69, 9.17) is 0 Å². The normalized spacial score (nSPS) is 20.4. The Morgan fingerprint density at radius 3 is 2.44 bits per heavy atom. The standard InChI is InChI=1S/C23H29N3O4S2/c1-17-7-8-18(2)21(15-17)32(29,30)26-12-10-24(11-13-26)22(27)19-5-3-9-25(16-19)23(28)20-6-4-14-31-20/h4,6-8,14-15,19H,3,5,9-13,16H2,1-2H3/t19-/m0/s1. The van der Waals surface area contributed by atoms with Crippen molar-refractivity contribution in [2.75, 3.05) is 39.3 Å². The molecule has 0 aliphatic carbocycles. The number of benzene rings is 1. The van der Waals surface area contributed by atoms with E-state index < -0.39 is 10.0 Å². The number of nitrogens with zero attached hydrogens (tertiary/aromatic N) is 3. The lowest BCUT2D eigenvalue weighted by atomic mass is 9.96. The maximum absolute atomic E-state index is 13.2. The second-order valence-corrected chi connectivity index (χ2v) is 11.4. The van der Waals surface area contributed by atoms with Gasteiger partial charge in [0, 0.05) is 39.3 Å². The molecule has 1 aromatic carbocycles. The van der Waals surface area contributed by atoms with Crippen LogP contribution in [-0.4, -0.2) is 73.6 Å². The number of thiophene rings is 1. The molecule has 2 aromatic rings. The second-order valence-electron chi connectivity index (χ2n) is 8.57. The van der Waals surface area contributed by atoms with Gasteiger partial charge in [-0.3, -0.25) is 9.59 Å². The van der Waals surface area contributed by atoms with Gasteiger partial charge in [-0.1, -0.05) is 18.2 Å². The lowest BCUT2D eigenvalue weighted by molar-refractivity contribution is -0.138. The Morgan fingerprint density at radius 1 is 1.00 bits per heavy atom. The average Bonchev–Trinajstić information content (AvgIpc) is 3.35. The van der Waals surface area contributed by atoms with Gasteiger partial charge in [0.1, 0.15) is 0 Å². The van der Waals surface area contributed by atoms with E-state index in [1.807, 2.05) is 36.6 Å². The van der Waals surface area contributed by atoms with E-state index in [2.05, 4.69) is 0 Å². The summed E-state index contributed by atoms with van der Waals surface area (Å²) < 4.78 is 27.8. The monoisotopic (exact) mass is 475 g/mol. The van der Waals surface area contributed by atoms with Crippen LogP contribution >= 0.6 is 11.3 Å². The zero-order valence-electron chi connectivity index (χ0n) is 18.5. The Bertz CT molecular complexity index is 1090. The molecule has 0 spiro atoms. The van der Waals surface area contributed by atoms with Gasteiger partial charge < -0.3 is 9.80 Å². The minimum atomic E-state index is -3.59. The summed E-state index contributed by atoms with van der Waals surface area (Å²) in [4.78, 5) is 30.4. The average molecular weight is 476 g/mol. The molecule has 3 heterocycles. The van der Waals surface area contributed by atoms with Crippen LogP contribution in [0.5, 0.6) is 0 Å². The smallest absolute Gasteiger partial charge is 0.263 e. The maximum Gasteiger partial charge on any atom is 0.263 e. The summed E-state index contributed by atoms with van der Waals surface area (Å²) in [7, 11) is -3.59. The van der Waals surface area contributed by atoms with E-state index in [0.29, 0.717) is 36.0 Å². The molecule has 32 heavy (non-hydrogen) atoms. The number of hydrogen-bond acceptors (Lipinski definition) is 5. The summed E-state index contributed by atoms with van der Waals surface area (Å²) in [6.45, 7) is 6.09. The van der Waals surface area contributed by atoms with Crippen molar-refractivity contribution in [3.05, 3.63) is 51.7 Å². The van der Waals surface area contributed by atoms with Crippen LogP contribution in [0, 0.1) is 19.8 Å². The van der Waals surface area contributed by atoms with Crippen LogP contribution < -0.4 is 0 Å². The number of amides is 2. The quantitative estimate of drug-likeness (QED) is 0.681. The van der Waals surface area contributed by atoms with Crippen molar-refractivity contribution >= 4 is 33.2 Å². The highest BCUT2D eigenvalue weighted by Crippen LogP contribution is 2.25. The summed E-state index contributed by atoms with van der Waals surface area (Å²) >= 11 is 1.42. The molecule has 2 saturated heterocycles. The van der Waals surface area contributed by atoms with E-state index in [1.165, 1.54) is 15.6 Å². The molecular weight excluding hydrogens is 446 g/mol. The predicted octanol–water partition coefficient (Wildman–Crippen LogP) is 2.75. The van der Waals surface area contributed by atoms with Crippen molar-refractivity contribution in [1.29, 1.82) is 0 Å². The van der Waals surface area contributed by atoms with Gasteiger partial charge in [-0.05, 0) is 55.3 Å². The molecule has 2 aliphatic heterocycles. The van der Waals surface area contributed by atoms with Crippen LogP contribution in [0.15, 0.2) is 40.6 Å². The van der Waals surface area contributed by atoms with Crippen molar-refractivity contribution in [3.63, 3.8) is 0 Å². The van der Waals surface area contributed by atoms with Crippen molar-refractivity contribution in [1.82, 2.24) is 14.1 Å². The van der Waals surface area contributed by atoms with Crippen LogP contribution in [0.25, 0.3) is 0 Å². The number of hydrogen-bond donors (Lipinski definition) is 0. The fraction of sp³-hybridized carbons (Fsp3) is 0.478. The van der Waals surface area contributed by atoms with Gasteiger partial charge in [0.05, 0.1) is 15.7 Å². The van der Waals surface area contributed by atoms with Crippen molar-refractivity contribution in [2.24, 2.45) is 5.92 Å². The topological polar surface area (TPSA) is 78.0 Å². The van der Waals surface area contributed by atoms with Crippen molar-refractivity contribution in [2.45, 2.75) is 31.6 Å². The first-order chi connectivity index (χ1) is 15.3. The van der Waals surface area contributed by atoms with Gasteiger partial charge in [-0.25, -0.2) is 8.42 Å². The molecule has 7 nitrogen and oxygen atoms in total. The highest BCUT2D eigenvalue weighted by molar-refractivity contribution is 7.89. The number of rotatable bonds is 4. The van der Waals surface area contributed by atoms with Gasteiger partial charge in [0.2, 0.25) is 15.9 Å². The summed E-state index contributed by atoms with van der Waals surface area (Å²) in [6, 6.07) is 9.11. The molecule has 1 aromatic heterocycles. The Kier molecular flexibility index (Phi) is 6.69. The molecule has 2 aliphatic rings. The molecule has 0 radical (unpaired) electrons. The fourth-order valence-corrected chi connectivity index (χ4v) is 6.87. The molecule has 0 N–H and O–H groups in total. The Hall–Kier alpha value is -2.23. The Morgan fingerprint density at radius 2 is 1.75 bits per heavy atom. The van der Waals surface area contributed by atoms with Gasteiger partial charge in [0.15, 0.2) is 0 Å². The third-order valence-corrected chi connectivity index (χ3v) is 9.20. The molecule has 0 saturated carbocycles. The maximum atomic E-state index is 13.2. The minimum absolute atomic E-state index is 0.0121. The minimum Gasteiger partial charge on any atom is -0.340 e. The van der Waals surface area contributed by atoms with E-state index in [1.54, 1.807) is 22.8 Å². The third kappa shape index (κ3) is 4.60. The van der Waals surface area contributed by atoms with Crippen LogP contribution in [0.2, 0.25) is 0 Å².